The number of ether oxygens (including phenoxy) is 2. The van der Waals surface area contributed by atoms with Crippen LogP contribution in [0.2, 0.25) is 0 Å². The number of rotatable bonds is 9. The minimum Gasteiger partial charge on any atom is -0.380 e. The van der Waals surface area contributed by atoms with Crippen LogP contribution in [0.5, 0.6) is 0 Å². The number of hydrogen-bond acceptors (Lipinski definition) is 4. The molecule has 1 heterocycles. The molecule has 2 amide bonds. The lowest BCUT2D eigenvalue weighted by Crippen LogP contribution is -2.36. The number of amides is 2. The van der Waals surface area contributed by atoms with Crippen LogP contribution < -0.4 is 4.80 Å². The summed E-state index contributed by atoms with van der Waals surface area (Å²) in [6, 6.07) is 4.30. The van der Waals surface area contributed by atoms with Gasteiger partial charge in [0.2, 0.25) is 0 Å². The van der Waals surface area contributed by atoms with E-state index in [2.05, 4.69) is 4.99 Å². The van der Waals surface area contributed by atoms with Crippen LogP contribution in [0.3, 0.4) is 0 Å². The number of aromatic nitrogens is 1. The number of alkyl halides is 3. The first-order valence-electron chi connectivity index (χ1n) is 9.62. The van der Waals surface area contributed by atoms with Crippen molar-refractivity contribution in [2.45, 2.75) is 26.9 Å². The summed E-state index contributed by atoms with van der Waals surface area (Å²) in [5.74, 6) is 0. The molecule has 166 valence electrons. The summed E-state index contributed by atoms with van der Waals surface area (Å²) in [5, 5.41) is 0. The van der Waals surface area contributed by atoms with Gasteiger partial charge >= 0.3 is 12.2 Å². The molecule has 0 N–H and O–H groups in total. The highest BCUT2D eigenvalue weighted by Gasteiger charge is 2.30. The van der Waals surface area contributed by atoms with Gasteiger partial charge in [-0.2, -0.15) is 18.2 Å². The van der Waals surface area contributed by atoms with E-state index in [0.29, 0.717) is 50.0 Å². The quantitative estimate of drug-likeness (QED) is 0.542. The Kier molecular flexibility index (Phi) is 9.07. The first-order valence-corrected chi connectivity index (χ1v) is 10.4. The van der Waals surface area contributed by atoms with Gasteiger partial charge in [-0.15, -0.1) is 11.3 Å². The molecule has 10 heteroatoms. The third-order valence-corrected chi connectivity index (χ3v) is 5.02. The summed E-state index contributed by atoms with van der Waals surface area (Å²) in [6.07, 6.45) is -2.66. The second-order valence-electron chi connectivity index (χ2n) is 6.31. The molecule has 0 radical (unpaired) electrons. The summed E-state index contributed by atoms with van der Waals surface area (Å²) in [4.78, 5) is 19.8. The number of benzene rings is 1. The van der Waals surface area contributed by atoms with Crippen molar-refractivity contribution in [3.63, 3.8) is 0 Å². The molecule has 0 unspecified atom stereocenters. The van der Waals surface area contributed by atoms with Crippen molar-refractivity contribution in [1.82, 2.24) is 9.47 Å². The minimum atomic E-state index is -4.40. The number of thiazole rings is 1. The third kappa shape index (κ3) is 6.96. The summed E-state index contributed by atoms with van der Waals surface area (Å²) in [7, 11) is 0. The lowest BCUT2D eigenvalue weighted by molar-refractivity contribution is -0.137. The Morgan fingerprint density at radius 3 is 2.17 bits per heavy atom. The molecule has 0 bridgehead atoms. The number of carbonyl (C=O) groups excluding carboxylic acids is 1. The molecule has 0 spiro atoms. The highest BCUT2D eigenvalue weighted by Crippen LogP contribution is 2.29. The van der Waals surface area contributed by atoms with Crippen molar-refractivity contribution in [2.75, 3.05) is 39.5 Å². The van der Waals surface area contributed by atoms with Crippen LogP contribution in [0.4, 0.5) is 18.0 Å². The maximum Gasteiger partial charge on any atom is 0.416 e. The normalized spacial score (nSPS) is 12.4. The Balaban J connectivity index is 2.29. The Morgan fingerprint density at radius 1 is 1.10 bits per heavy atom. The van der Waals surface area contributed by atoms with Gasteiger partial charge in [-0.25, -0.2) is 4.79 Å². The zero-order valence-electron chi connectivity index (χ0n) is 17.2. The van der Waals surface area contributed by atoms with Crippen LogP contribution in [0.15, 0.2) is 35.5 Å². The van der Waals surface area contributed by atoms with Crippen LogP contribution in [-0.2, 0) is 15.7 Å². The third-order valence-electron chi connectivity index (χ3n) is 4.12. The molecule has 0 atom stereocenters. The van der Waals surface area contributed by atoms with Crippen molar-refractivity contribution in [1.29, 1.82) is 0 Å². The van der Waals surface area contributed by atoms with E-state index in [0.717, 1.165) is 17.0 Å². The van der Waals surface area contributed by atoms with Gasteiger partial charge in [-0.05, 0) is 45.0 Å². The van der Waals surface area contributed by atoms with E-state index in [4.69, 9.17) is 9.47 Å². The van der Waals surface area contributed by atoms with Crippen LogP contribution in [0.25, 0.3) is 5.69 Å². The fourth-order valence-electron chi connectivity index (χ4n) is 2.62. The molecule has 0 aliphatic heterocycles. The van der Waals surface area contributed by atoms with Crippen LogP contribution in [0, 0.1) is 6.92 Å². The van der Waals surface area contributed by atoms with Crippen molar-refractivity contribution in [3.8, 4) is 5.69 Å². The smallest absolute Gasteiger partial charge is 0.380 e. The summed E-state index contributed by atoms with van der Waals surface area (Å²) in [6.45, 7) is 8.18. The Hall–Kier alpha value is -2.17. The topological polar surface area (TPSA) is 56.1 Å². The molecule has 6 nitrogen and oxygen atoms in total. The van der Waals surface area contributed by atoms with Crippen molar-refractivity contribution < 1.29 is 27.4 Å². The number of urea groups is 1. The molecule has 0 aliphatic carbocycles. The number of hydrogen-bond donors (Lipinski definition) is 0. The highest BCUT2D eigenvalue weighted by atomic mass is 32.1. The monoisotopic (exact) mass is 445 g/mol. The van der Waals surface area contributed by atoms with Gasteiger partial charge in [0.15, 0.2) is 4.80 Å². The molecule has 2 rings (SSSR count). The van der Waals surface area contributed by atoms with E-state index in [1.807, 2.05) is 20.8 Å². The maximum absolute atomic E-state index is 12.8. The number of aryl methyl sites for hydroxylation is 1. The number of carbonyl (C=O) groups is 1. The van der Waals surface area contributed by atoms with E-state index < -0.39 is 17.8 Å². The van der Waals surface area contributed by atoms with E-state index in [1.54, 1.807) is 10.8 Å². The van der Waals surface area contributed by atoms with Gasteiger partial charge in [-0.1, -0.05) is 0 Å². The first-order chi connectivity index (χ1) is 14.3. The summed E-state index contributed by atoms with van der Waals surface area (Å²) in [5.41, 5.74) is -0.236. The zero-order valence-corrected chi connectivity index (χ0v) is 18.1. The Bertz CT molecular complexity index is 866. The molecule has 0 aliphatic rings. The fraction of sp³-hybridized carbons (Fsp3) is 0.500. The Labute approximate surface area is 177 Å². The van der Waals surface area contributed by atoms with Gasteiger partial charge in [0.1, 0.15) is 0 Å². The van der Waals surface area contributed by atoms with Crippen LogP contribution in [0.1, 0.15) is 24.3 Å². The lowest BCUT2D eigenvalue weighted by Gasteiger charge is -2.20. The Morgan fingerprint density at radius 2 is 1.67 bits per heavy atom. The van der Waals surface area contributed by atoms with E-state index in [-0.39, 0.29) is 0 Å². The molecule has 1 aromatic heterocycles. The van der Waals surface area contributed by atoms with Gasteiger partial charge in [0.25, 0.3) is 0 Å². The molecule has 2 aromatic rings. The van der Waals surface area contributed by atoms with Gasteiger partial charge in [0, 0.05) is 43.1 Å². The molecular weight excluding hydrogens is 419 g/mol. The van der Waals surface area contributed by atoms with Crippen LogP contribution in [-0.4, -0.2) is 55.0 Å². The fourth-order valence-corrected chi connectivity index (χ4v) is 3.45. The summed E-state index contributed by atoms with van der Waals surface area (Å²) < 4.78 is 50.8. The number of halogens is 3. The second kappa shape index (κ2) is 11.3. The molecular formula is C20H26F3N3O3S. The van der Waals surface area contributed by atoms with Gasteiger partial charge in [-0.3, -0.25) is 4.57 Å². The maximum atomic E-state index is 12.8. The van der Waals surface area contributed by atoms with Crippen molar-refractivity contribution in [3.05, 3.63) is 45.7 Å². The van der Waals surface area contributed by atoms with Crippen molar-refractivity contribution >= 4 is 17.4 Å². The minimum absolute atomic E-state index is 0.369. The molecule has 30 heavy (non-hydrogen) atoms. The first kappa shape index (κ1) is 24.1. The van der Waals surface area contributed by atoms with E-state index >= 15 is 0 Å². The van der Waals surface area contributed by atoms with Gasteiger partial charge in [0.05, 0.1) is 18.8 Å². The van der Waals surface area contributed by atoms with Gasteiger partial charge < -0.3 is 14.4 Å². The SMILES string of the molecule is CCOCCN(CCOCC)C(=O)N=c1sc(C)cn1-c1ccc(C(F)(F)F)cc1. The van der Waals surface area contributed by atoms with Crippen LogP contribution >= 0.6 is 11.3 Å². The average molecular weight is 446 g/mol. The molecule has 0 fully saturated rings. The largest absolute Gasteiger partial charge is 0.416 e. The van der Waals surface area contributed by atoms with E-state index in [9.17, 15) is 18.0 Å². The predicted molar refractivity (Wildman–Crippen MR) is 109 cm³/mol. The second-order valence-corrected chi connectivity index (χ2v) is 7.53. The van der Waals surface area contributed by atoms with Crippen molar-refractivity contribution in [2.24, 2.45) is 4.99 Å². The molecule has 1 aromatic carbocycles. The average Bonchev–Trinajstić information content (AvgIpc) is 3.06. The summed E-state index contributed by atoms with van der Waals surface area (Å²) >= 11 is 1.29. The van der Waals surface area contributed by atoms with E-state index in [1.165, 1.54) is 28.4 Å². The number of nitrogens with zero attached hydrogens (tertiary/aromatic N) is 3. The standard InChI is InChI=1S/C20H26F3N3O3S/c1-4-28-12-10-25(11-13-29-5-2)18(27)24-19-26(14-15(3)30-19)17-8-6-16(7-9-17)20(21,22)23/h6-9,14H,4-5,10-13H2,1-3H3. The predicted octanol–water partition coefficient (Wildman–Crippen LogP) is 4.26. The molecule has 0 saturated heterocycles. The lowest BCUT2D eigenvalue weighted by atomic mass is 10.2. The molecule has 0 saturated carbocycles. The highest BCUT2D eigenvalue weighted by molar-refractivity contribution is 7.09. The zero-order chi connectivity index (χ0) is 22.1.